The Bertz CT molecular complexity index is 833. The van der Waals surface area contributed by atoms with Gasteiger partial charge in [0.05, 0.1) is 11.6 Å². The topological polar surface area (TPSA) is 54.0 Å². The molecule has 0 N–H and O–H groups in total. The number of pyridine rings is 1. The van der Waals surface area contributed by atoms with E-state index in [1.807, 2.05) is 6.07 Å². The Balaban J connectivity index is 2.01. The van der Waals surface area contributed by atoms with Crippen LogP contribution in [0.25, 0.3) is 5.65 Å². The monoisotopic (exact) mass is 270 g/mol. The third kappa shape index (κ3) is 2.10. The first-order chi connectivity index (χ1) is 9.67. The predicted molar refractivity (Wildman–Crippen MR) is 66.9 cm³/mol. The first-order valence-electron chi connectivity index (χ1n) is 5.85. The summed E-state index contributed by atoms with van der Waals surface area (Å²) in [5.74, 6) is -0.707. The Labute approximate surface area is 112 Å². The molecule has 20 heavy (non-hydrogen) atoms. The zero-order chi connectivity index (χ0) is 14.1. The molecule has 0 aliphatic rings. The quantitative estimate of drug-likeness (QED) is 0.718. The maximum absolute atomic E-state index is 13.6. The summed E-state index contributed by atoms with van der Waals surface area (Å²) in [4.78, 5) is 0. The van der Waals surface area contributed by atoms with Gasteiger partial charge in [0.1, 0.15) is 17.5 Å². The van der Waals surface area contributed by atoms with Crippen molar-refractivity contribution in [2.45, 2.75) is 6.42 Å². The van der Waals surface area contributed by atoms with Crippen molar-refractivity contribution in [3.05, 3.63) is 65.1 Å². The van der Waals surface area contributed by atoms with Crippen molar-refractivity contribution in [3.63, 3.8) is 0 Å². The summed E-state index contributed by atoms with van der Waals surface area (Å²) in [6.07, 6.45) is 1.85. The zero-order valence-electron chi connectivity index (χ0n) is 10.2. The van der Waals surface area contributed by atoms with Crippen LogP contribution in [0.5, 0.6) is 0 Å². The van der Waals surface area contributed by atoms with E-state index in [2.05, 4.69) is 10.2 Å². The van der Waals surface area contributed by atoms with Gasteiger partial charge in [-0.25, -0.2) is 8.78 Å². The number of aromatic nitrogens is 3. The normalized spacial score (nSPS) is 10.7. The van der Waals surface area contributed by atoms with E-state index in [0.717, 1.165) is 6.07 Å². The molecule has 4 nitrogen and oxygen atoms in total. The number of hydrogen-bond donors (Lipinski definition) is 0. The van der Waals surface area contributed by atoms with Crippen LogP contribution in [0.2, 0.25) is 0 Å². The molecule has 98 valence electrons. The molecule has 3 rings (SSSR count). The summed E-state index contributed by atoms with van der Waals surface area (Å²) < 4.78 is 28.1. The second kappa shape index (κ2) is 4.70. The smallest absolute Gasteiger partial charge is 0.162 e. The second-order valence-electron chi connectivity index (χ2n) is 4.28. The van der Waals surface area contributed by atoms with Crippen LogP contribution in [-0.4, -0.2) is 14.6 Å². The van der Waals surface area contributed by atoms with Crippen LogP contribution in [0.15, 0.2) is 36.5 Å². The molecular formula is C14H8F2N4. The third-order valence-electron chi connectivity index (χ3n) is 2.97. The fraction of sp³-hybridized carbons (Fsp3) is 0.0714. The fourth-order valence-corrected chi connectivity index (χ4v) is 1.97. The van der Waals surface area contributed by atoms with Crippen LogP contribution >= 0.6 is 0 Å². The van der Waals surface area contributed by atoms with E-state index in [0.29, 0.717) is 22.6 Å². The minimum absolute atomic E-state index is 0.194. The minimum atomic E-state index is -0.615. The number of nitrogens with zero attached hydrogens (tertiary/aromatic N) is 4. The molecule has 0 bridgehead atoms. The van der Waals surface area contributed by atoms with Gasteiger partial charge in [0.2, 0.25) is 0 Å². The Morgan fingerprint density at radius 3 is 2.75 bits per heavy atom. The standard InChI is InChI=1S/C14H8F2N4/c15-11-2-1-10(12(16)7-11)6-14-19-18-13-5-9(8-17)3-4-20(13)14/h1-5,7H,6H2. The lowest BCUT2D eigenvalue weighted by Crippen LogP contribution is -1.99. The van der Waals surface area contributed by atoms with Gasteiger partial charge in [-0.1, -0.05) is 6.07 Å². The number of rotatable bonds is 2. The van der Waals surface area contributed by atoms with Gasteiger partial charge in [-0.2, -0.15) is 5.26 Å². The summed E-state index contributed by atoms with van der Waals surface area (Å²) >= 11 is 0. The molecule has 0 aliphatic heterocycles. The molecule has 0 aliphatic carbocycles. The summed E-state index contributed by atoms with van der Waals surface area (Å²) in [5, 5.41) is 16.7. The van der Waals surface area contributed by atoms with Crippen molar-refractivity contribution in [1.82, 2.24) is 14.6 Å². The van der Waals surface area contributed by atoms with E-state index >= 15 is 0 Å². The molecule has 3 aromatic rings. The molecule has 0 unspecified atom stereocenters. The highest BCUT2D eigenvalue weighted by Crippen LogP contribution is 2.15. The largest absolute Gasteiger partial charge is 0.286 e. The Morgan fingerprint density at radius 2 is 2.00 bits per heavy atom. The maximum Gasteiger partial charge on any atom is 0.162 e. The number of fused-ring (bicyclic) bond motifs is 1. The SMILES string of the molecule is N#Cc1ccn2c(Cc3ccc(F)cc3F)nnc2c1. The molecule has 1 aromatic carbocycles. The lowest BCUT2D eigenvalue weighted by atomic mass is 10.1. The van der Waals surface area contributed by atoms with Gasteiger partial charge in [0.15, 0.2) is 5.65 Å². The fourth-order valence-electron chi connectivity index (χ4n) is 1.97. The van der Waals surface area contributed by atoms with Gasteiger partial charge in [0, 0.05) is 24.8 Å². The van der Waals surface area contributed by atoms with Gasteiger partial charge in [-0.05, 0) is 17.7 Å². The first kappa shape index (κ1) is 12.2. The number of hydrogen-bond acceptors (Lipinski definition) is 3. The van der Waals surface area contributed by atoms with Gasteiger partial charge in [-0.3, -0.25) is 4.40 Å². The van der Waals surface area contributed by atoms with Gasteiger partial charge < -0.3 is 0 Å². The molecule has 0 amide bonds. The molecular weight excluding hydrogens is 262 g/mol. The molecule has 0 radical (unpaired) electrons. The molecule has 0 saturated heterocycles. The van der Waals surface area contributed by atoms with Crippen molar-refractivity contribution in [3.8, 4) is 6.07 Å². The number of benzene rings is 1. The van der Waals surface area contributed by atoms with E-state index < -0.39 is 11.6 Å². The van der Waals surface area contributed by atoms with Crippen molar-refractivity contribution >= 4 is 5.65 Å². The molecule has 2 aromatic heterocycles. The summed E-state index contributed by atoms with van der Waals surface area (Å²) in [5.41, 5.74) is 1.33. The summed E-state index contributed by atoms with van der Waals surface area (Å²) in [6.45, 7) is 0. The number of nitriles is 1. The van der Waals surface area contributed by atoms with Crippen molar-refractivity contribution in [2.24, 2.45) is 0 Å². The molecule has 0 spiro atoms. The lowest BCUT2D eigenvalue weighted by molar-refractivity contribution is 0.573. The van der Waals surface area contributed by atoms with Crippen LogP contribution in [0.3, 0.4) is 0 Å². The maximum atomic E-state index is 13.6. The van der Waals surface area contributed by atoms with Gasteiger partial charge >= 0.3 is 0 Å². The average Bonchev–Trinajstić information content (AvgIpc) is 2.84. The van der Waals surface area contributed by atoms with E-state index in [1.165, 1.54) is 12.1 Å². The number of halogens is 2. The van der Waals surface area contributed by atoms with Crippen LogP contribution in [0.4, 0.5) is 8.78 Å². The average molecular weight is 270 g/mol. The Kier molecular flexibility index (Phi) is 2.88. The highest BCUT2D eigenvalue weighted by Gasteiger charge is 2.10. The minimum Gasteiger partial charge on any atom is -0.286 e. The molecule has 0 saturated carbocycles. The van der Waals surface area contributed by atoms with E-state index in [1.54, 1.807) is 22.7 Å². The third-order valence-corrected chi connectivity index (χ3v) is 2.97. The first-order valence-corrected chi connectivity index (χ1v) is 5.85. The van der Waals surface area contributed by atoms with E-state index in [4.69, 9.17) is 5.26 Å². The summed E-state index contributed by atoms with van der Waals surface area (Å²) in [7, 11) is 0. The van der Waals surface area contributed by atoms with Crippen LogP contribution in [0, 0.1) is 23.0 Å². The summed E-state index contributed by atoms with van der Waals surface area (Å²) in [6, 6.07) is 8.66. The lowest BCUT2D eigenvalue weighted by Gasteiger charge is -2.02. The predicted octanol–water partition coefficient (Wildman–Crippen LogP) is 2.47. The van der Waals surface area contributed by atoms with Crippen LogP contribution in [-0.2, 0) is 6.42 Å². The highest BCUT2D eigenvalue weighted by molar-refractivity contribution is 5.45. The van der Waals surface area contributed by atoms with Crippen molar-refractivity contribution in [1.29, 1.82) is 5.26 Å². The van der Waals surface area contributed by atoms with Crippen molar-refractivity contribution in [2.75, 3.05) is 0 Å². The van der Waals surface area contributed by atoms with E-state index in [9.17, 15) is 8.78 Å². The Hall–Kier alpha value is -2.81. The second-order valence-corrected chi connectivity index (χ2v) is 4.28. The van der Waals surface area contributed by atoms with E-state index in [-0.39, 0.29) is 6.42 Å². The van der Waals surface area contributed by atoms with Crippen LogP contribution in [0.1, 0.15) is 17.0 Å². The molecule has 2 heterocycles. The van der Waals surface area contributed by atoms with Gasteiger partial charge in [-0.15, -0.1) is 10.2 Å². The van der Waals surface area contributed by atoms with Gasteiger partial charge in [0.25, 0.3) is 0 Å². The molecule has 0 atom stereocenters. The highest BCUT2D eigenvalue weighted by atomic mass is 19.1. The van der Waals surface area contributed by atoms with Crippen molar-refractivity contribution < 1.29 is 8.78 Å². The molecule has 6 heteroatoms. The Morgan fingerprint density at radius 1 is 1.15 bits per heavy atom. The zero-order valence-corrected chi connectivity index (χ0v) is 10.2. The molecule has 0 fully saturated rings. The van der Waals surface area contributed by atoms with Crippen LogP contribution < -0.4 is 0 Å².